The van der Waals surface area contributed by atoms with Crippen molar-refractivity contribution in [1.82, 2.24) is 9.88 Å². The SMILES string of the molecule is [3H]c1ccc2nc3ccccc3c(N[C@@H](CCC)CCCN(CC)CC)c2c1. The van der Waals surface area contributed by atoms with Crippen LogP contribution in [0.3, 0.4) is 0 Å². The van der Waals surface area contributed by atoms with Crippen molar-refractivity contribution in [2.45, 2.75) is 52.5 Å². The minimum absolute atomic E-state index is 0.434. The van der Waals surface area contributed by atoms with E-state index in [2.05, 4.69) is 49.2 Å². The van der Waals surface area contributed by atoms with Gasteiger partial charge in [-0.15, -0.1) is 0 Å². The quantitative estimate of drug-likeness (QED) is 0.441. The van der Waals surface area contributed by atoms with Crippen LogP contribution >= 0.6 is 0 Å². The molecule has 3 nitrogen and oxygen atoms in total. The van der Waals surface area contributed by atoms with Crippen LogP contribution in [0.1, 0.15) is 47.8 Å². The highest BCUT2D eigenvalue weighted by atomic mass is 15.1. The van der Waals surface area contributed by atoms with Crippen LogP contribution in [0.5, 0.6) is 0 Å². The molecule has 0 aliphatic heterocycles. The molecule has 0 unspecified atom stereocenters. The zero-order chi connectivity index (χ0) is 19.9. The van der Waals surface area contributed by atoms with Crippen molar-refractivity contribution < 1.29 is 1.37 Å². The first-order valence-electron chi connectivity index (χ1n) is 10.9. The van der Waals surface area contributed by atoms with Gasteiger partial charge in [-0.25, -0.2) is 4.98 Å². The average Bonchev–Trinajstić information content (AvgIpc) is 2.71. The third-order valence-corrected chi connectivity index (χ3v) is 5.43. The van der Waals surface area contributed by atoms with Gasteiger partial charge < -0.3 is 10.2 Å². The standard InChI is InChI=1S/C24H33N3/c1-4-12-19(13-11-18-27(5-2)6-3)25-24-20-14-7-9-16-22(20)26-23-17-10-8-15-21(23)24/h7-10,14-17,19H,4-6,11-13,18H2,1-3H3,(H,25,26)/t19-/m0/s1/i7T. The van der Waals surface area contributed by atoms with Crippen LogP contribution in [0, 0.1) is 0 Å². The Morgan fingerprint density at radius 3 is 2.41 bits per heavy atom. The summed E-state index contributed by atoms with van der Waals surface area (Å²) in [4.78, 5) is 7.30. The van der Waals surface area contributed by atoms with E-state index in [1.54, 1.807) is 0 Å². The van der Waals surface area contributed by atoms with Crippen molar-refractivity contribution in [2.75, 3.05) is 25.0 Å². The Morgan fingerprint density at radius 1 is 0.963 bits per heavy atom. The van der Waals surface area contributed by atoms with Gasteiger partial charge in [-0.3, -0.25) is 0 Å². The second-order valence-corrected chi connectivity index (χ2v) is 7.25. The number of nitrogens with one attached hydrogen (secondary N) is 1. The molecule has 2 aromatic carbocycles. The van der Waals surface area contributed by atoms with Gasteiger partial charge in [0, 0.05) is 16.8 Å². The molecule has 0 saturated carbocycles. The van der Waals surface area contributed by atoms with E-state index < -0.39 is 0 Å². The van der Waals surface area contributed by atoms with E-state index in [-0.39, 0.29) is 0 Å². The number of pyridine rings is 1. The van der Waals surface area contributed by atoms with E-state index in [1.807, 2.05) is 24.3 Å². The maximum Gasteiger partial charge on any atom is 0.0730 e. The Hall–Kier alpha value is -2.13. The number of hydrogen-bond acceptors (Lipinski definition) is 3. The summed E-state index contributed by atoms with van der Waals surface area (Å²) in [6.45, 7) is 10.1. The van der Waals surface area contributed by atoms with E-state index in [0.717, 1.165) is 66.4 Å². The summed E-state index contributed by atoms with van der Waals surface area (Å²) < 4.78 is 8.08. The Bertz CT molecular complexity index is 905. The molecule has 0 amide bonds. The van der Waals surface area contributed by atoms with Crippen LogP contribution < -0.4 is 5.32 Å². The van der Waals surface area contributed by atoms with Crippen LogP contribution in [0.4, 0.5) is 5.69 Å². The molecule has 0 radical (unpaired) electrons. The minimum atomic E-state index is 0.434. The van der Waals surface area contributed by atoms with Gasteiger partial charge in [0.05, 0.1) is 18.1 Å². The Balaban J connectivity index is 1.91. The summed E-state index contributed by atoms with van der Waals surface area (Å²) in [6.07, 6.45) is 4.66. The van der Waals surface area contributed by atoms with Gasteiger partial charge in [0.1, 0.15) is 0 Å². The number of hydrogen-bond donors (Lipinski definition) is 1. The molecule has 144 valence electrons. The van der Waals surface area contributed by atoms with Gasteiger partial charge in [0.25, 0.3) is 0 Å². The smallest absolute Gasteiger partial charge is 0.0730 e. The molecular formula is C24H33N3. The molecule has 0 aliphatic rings. The van der Waals surface area contributed by atoms with E-state index in [0.29, 0.717) is 12.1 Å². The van der Waals surface area contributed by atoms with Crippen LogP contribution in [0.2, 0.25) is 0 Å². The zero-order valence-electron chi connectivity index (χ0n) is 18.0. The van der Waals surface area contributed by atoms with Gasteiger partial charge in [0.15, 0.2) is 0 Å². The highest BCUT2D eigenvalue weighted by Crippen LogP contribution is 2.32. The number of rotatable bonds is 10. The molecule has 27 heavy (non-hydrogen) atoms. The van der Waals surface area contributed by atoms with Crippen molar-refractivity contribution >= 4 is 27.5 Å². The third-order valence-electron chi connectivity index (χ3n) is 5.43. The molecule has 0 spiro atoms. The first kappa shape index (κ1) is 18.2. The van der Waals surface area contributed by atoms with E-state index in [1.165, 1.54) is 6.42 Å². The molecule has 1 aromatic heterocycles. The highest BCUT2D eigenvalue weighted by molar-refractivity contribution is 6.07. The molecule has 0 fully saturated rings. The van der Waals surface area contributed by atoms with Gasteiger partial charge in [-0.05, 0) is 51.0 Å². The van der Waals surface area contributed by atoms with Crippen molar-refractivity contribution in [1.29, 1.82) is 0 Å². The van der Waals surface area contributed by atoms with Crippen molar-refractivity contribution in [3.8, 4) is 0 Å². The molecule has 0 aliphatic carbocycles. The minimum Gasteiger partial charge on any atom is -0.381 e. The van der Waals surface area contributed by atoms with Crippen molar-refractivity contribution in [2.24, 2.45) is 0 Å². The van der Waals surface area contributed by atoms with E-state index in [4.69, 9.17) is 6.35 Å². The molecule has 0 bridgehead atoms. The third kappa shape index (κ3) is 4.78. The first-order chi connectivity index (χ1) is 13.7. The van der Waals surface area contributed by atoms with Gasteiger partial charge in [-0.2, -0.15) is 0 Å². The second kappa shape index (κ2) is 9.70. The van der Waals surface area contributed by atoms with Crippen molar-refractivity contribution in [3.05, 3.63) is 48.5 Å². The van der Waals surface area contributed by atoms with Crippen LogP contribution in [-0.4, -0.2) is 35.6 Å². The first-order valence-corrected chi connectivity index (χ1v) is 10.4. The zero-order valence-corrected chi connectivity index (χ0v) is 17.0. The summed E-state index contributed by atoms with van der Waals surface area (Å²) in [7, 11) is 0. The van der Waals surface area contributed by atoms with Gasteiger partial charge in [-0.1, -0.05) is 63.6 Å². The molecule has 0 saturated heterocycles. The molecule has 3 heteroatoms. The molecule has 1 atom stereocenters. The lowest BCUT2D eigenvalue weighted by Crippen LogP contribution is -2.26. The Morgan fingerprint density at radius 2 is 1.67 bits per heavy atom. The number of nitrogens with zero attached hydrogens (tertiary/aromatic N) is 2. The fourth-order valence-electron chi connectivity index (χ4n) is 3.88. The maximum atomic E-state index is 8.08. The molecule has 3 rings (SSSR count). The Labute approximate surface area is 165 Å². The number of aromatic nitrogens is 1. The lowest BCUT2D eigenvalue weighted by molar-refractivity contribution is 0.293. The van der Waals surface area contributed by atoms with E-state index >= 15 is 0 Å². The summed E-state index contributed by atoms with van der Waals surface area (Å²) in [5.74, 6) is 0. The van der Waals surface area contributed by atoms with Gasteiger partial charge >= 0.3 is 0 Å². The fourth-order valence-corrected chi connectivity index (χ4v) is 3.88. The summed E-state index contributed by atoms with van der Waals surface area (Å²) >= 11 is 0. The molecule has 3 aromatic rings. The Kier molecular flexibility index (Phi) is 6.56. The number of benzene rings is 2. The van der Waals surface area contributed by atoms with Crippen LogP contribution in [0.25, 0.3) is 21.8 Å². The second-order valence-electron chi connectivity index (χ2n) is 7.25. The molecule has 1 heterocycles. The summed E-state index contributed by atoms with van der Waals surface area (Å²) in [5, 5.41) is 6.06. The fraction of sp³-hybridized carbons (Fsp3) is 0.458. The van der Waals surface area contributed by atoms with Crippen LogP contribution in [-0.2, 0) is 0 Å². The highest BCUT2D eigenvalue weighted by Gasteiger charge is 2.14. The summed E-state index contributed by atoms with van der Waals surface area (Å²) in [5.41, 5.74) is 3.10. The monoisotopic (exact) mass is 365 g/mol. The predicted molar refractivity (Wildman–Crippen MR) is 119 cm³/mol. The topological polar surface area (TPSA) is 28.2 Å². The molecule has 1 N–H and O–H groups in total. The normalized spacial score (nSPS) is 13.3. The predicted octanol–water partition coefficient (Wildman–Crippen LogP) is 6.09. The number of anilines is 1. The average molecular weight is 366 g/mol. The summed E-state index contributed by atoms with van der Waals surface area (Å²) in [6, 6.07) is 15.0. The largest absolute Gasteiger partial charge is 0.381 e. The number of fused-ring (bicyclic) bond motifs is 2. The van der Waals surface area contributed by atoms with Crippen molar-refractivity contribution in [3.63, 3.8) is 0 Å². The lowest BCUT2D eigenvalue weighted by Gasteiger charge is -2.24. The molecular weight excluding hydrogens is 330 g/mol. The van der Waals surface area contributed by atoms with Gasteiger partial charge in [0.2, 0.25) is 0 Å². The van der Waals surface area contributed by atoms with Crippen LogP contribution in [0.15, 0.2) is 48.5 Å². The maximum absolute atomic E-state index is 8.08. The number of para-hydroxylation sites is 2. The van der Waals surface area contributed by atoms with E-state index in [9.17, 15) is 0 Å². The lowest BCUT2D eigenvalue weighted by atomic mass is 10.0.